The number of benzene rings is 2. The molecule has 2 aromatic heterocycles. The number of hydrogen-bond acceptors (Lipinski definition) is 8. The molecule has 37 heavy (non-hydrogen) atoms. The molecule has 0 bridgehead atoms. The Morgan fingerprint density at radius 3 is 2.62 bits per heavy atom. The zero-order chi connectivity index (χ0) is 26.4. The number of fused-ring (bicyclic) bond motifs is 1. The number of anilines is 1. The number of thiophene rings is 1. The fourth-order valence-electron chi connectivity index (χ4n) is 3.76. The number of rotatable bonds is 10. The smallest absolute Gasteiger partial charge is 0.338 e. The van der Waals surface area contributed by atoms with Crippen molar-refractivity contribution in [3.05, 3.63) is 86.8 Å². The van der Waals surface area contributed by atoms with Gasteiger partial charge in [-0.05, 0) is 66.2 Å². The second kappa shape index (κ2) is 11.6. The Balaban J connectivity index is 1.42. The predicted octanol–water partition coefficient (Wildman–Crippen LogP) is 4.17. The quantitative estimate of drug-likeness (QED) is 0.238. The Morgan fingerprint density at radius 2 is 1.89 bits per heavy atom. The van der Waals surface area contributed by atoms with Gasteiger partial charge in [0.05, 0.1) is 31.1 Å². The van der Waals surface area contributed by atoms with Crippen molar-refractivity contribution in [3.63, 3.8) is 0 Å². The SMILES string of the molecule is CCOC(=O)c1ccc(NC(=O)Cc2csc3nc(C(=O)CCc4cccc(OC)c4)[nH]c(=O)c23)cc1. The molecule has 190 valence electrons. The number of aromatic nitrogens is 2. The molecule has 4 aromatic rings. The number of hydrogen-bond donors (Lipinski definition) is 2. The van der Waals surface area contributed by atoms with Crippen LogP contribution in [0.3, 0.4) is 0 Å². The number of ketones is 1. The van der Waals surface area contributed by atoms with Crippen molar-refractivity contribution in [2.75, 3.05) is 19.0 Å². The van der Waals surface area contributed by atoms with Gasteiger partial charge in [-0.1, -0.05) is 12.1 Å². The second-order valence-electron chi connectivity index (χ2n) is 8.15. The number of carbonyl (C=O) groups is 3. The van der Waals surface area contributed by atoms with Gasteiger partial charge in [0, 0.05) is 12.1 Å². The Labute approximate surface area is 216 Å². The maximum Gasteiger partial charge on any atom is 0.338 e. The molecule has 0 spiro atoms. The minimum absolute atomic E-state index is 0.0000582. The van der Waals surface area contributed by atoms with Gasteiger partial charge >= 0.3 is 5.97 Å². The van der Waals surface area contributed by atoms with Gasteiger partial charge in [-0.15, -0.1) is 11.3 Å². The molecule has 0 unspecified atom stereocenters. The van der Waals surface area contributed by atoms with E-state index in [0.717, 1.165) is 5.56 Å². The molecule has 2 aromatic carbocycles. The number of amides is 1. The van der Waals surface area contributed by atoms with Crippen LogP contribution in [0.4, 0.5) is 5.69 Å². The van der Waals surface area contributed by atoms with Crippen molar-refractivity contribution in [2.24, 2.45) is 0 Å². The summed E-state index contributed by atoms with van der Waals surface area (Å²) < 4.78 is 10.2. The lowest BCUT2D eigenvalue weighted by molar-refractivity contribution is -0.115. The third-order valence-electron chi connectivity index (χ3n) is 5.59. The Bertz CT molecular complexity index is 1510. The normalized spacial score (nSPS) is 10.8. The van der Waals surface area contributed by atoms with Crippen molar-refractivity contribution in [1.29, 1.82) is 0 Å². The highest BCUT2D eigenvalue weighted by atomic mass is 32.1. The largest absolute Gasteiger partial charge is 0.497 e. The van der Waals surface area contributed by atoms with Crippen molar-refractivity contribution >= 4 is 44.9 Å². The van der Waals surface area contributed by atoms with Crippen LogP contribution < -0.4 is 15.6 Å². The number of aromatic amines is 1. The molecular formula is C27H25N3O6S. The van der Waals surface area contributed by atoms with Crippen molar-refractivity contribution in [3.8, 4) is 5.75 Å². The molecule has 2 N–H and O–H groups in total. The highest BCUT2D eigenvalue weighted by Crippen LogP contribution is 2.23. The standard InChI is InChI=1S/C27H25N3O6S/c1-3-36-27(34)17-8-10-19(11-9-17)28-22(32)14-18-15-37-26-23(18)25(33)29-24(30-26)21(31)12-7-16-5-4-6-20(13-16)35-2/h4-6,8-11,13,15H,3,7,12,14H2,1-2H3,(H,28,32)(H,29,30,33). The van der Waals surface area contributed by atoms with Crippen molar-refractivity contribution in [2.45, 2.75) is 26.2 Å². The Hall–Kier alpha value is -4.31. The maximum absolute atomic E-state index is 12.8. The average molecular weight is 520 g/mol. The lowest BCUT2D eigenvalue weighted by Gasteiger charge is -2.06. The van der Waals surface area contributed by atoms with Crippen LogP contribution >= 0.6 is 11.3 Å². The Kier molecular flexibility index (Phi) is 8.09. The van der Waals surface area contributed by atoms with Gasteiger partial charge in [-0.3, -0.25) is 14.4 Å². The first-order chi connectivity index (χ1) is 17.9. The summed E-state index contributed by atoms with van der Waals surface area (Å²) in [4.78, 5) is 57.2. The van der Waals surface area contributed by atoms with Crippen LogP contribution in [0.2, 0.25) is 0 Å². The third kappa shape index (κ3) is 6.28. The van der Waals surface area contributed by atoms with Crippen LogP contribution in [0.15, 0.2) is 58.7 Å². The molecule has 0 aliphatic heterocycles. The van der Waals surface area contributed by atoms with Crippen LogP contribution in [-0.4, -0.2) is 41.3 Å². The predicted molar refractivity (Wildman–Crippen MR) is 141 cm³/mol. The van der Waals surface area contributed by atoms with E-state index in [1.165, 1.54) is 11.3 Å². The number of nitrogens with one attached hydrogen (secondary N) is 2. The van der Waals surface area contributed by atoms with Crippen molar-refractivity contribution in [1.82, 2.24) is 9.97 Å². The van der Waals surface area contributed by atoms with E-state index in [1.54, 1.807) is 43.7 Å². The van der Waals surface area contributed by atoms with Crippen LogP contribution in [-0.2, 0) is 22.4 Å². The zero-order valence-corrected chi connectivity index (χ0v) is 21.1. The number of carbonyl (C=O) groups excluding carboxylic acids is 3. The van der Waals surface area contributed by atoms with Gasteiger partial charge in [0.2, 0.25) is 5.91 Å². The van der Waals surface area contributed by atoms with Crippen LogP contribution in [0, 0.1) is 0 Å². The molecule has 1 amide bonds. The second-order valence-corrected chi connectivity index (χ2v) is 9.01. The van der Waals surface area contributed by atoms with Gasteiger partial charge in [0.25, 0.3) is 5.56 Å². The highest BCUT2D eigenvalue weighted by molar-refractivity contribution is 7.16. The zero-order valence-electron chi connectivity index (χ0n) is 20.3. The van der Waals surface area contributed by atoms with E-state index < -0.39 is 11.5 Å². The summed E-state index contributed by atoms with van der Waals surface area (Å²) in [5.74, 6) is -0.334. The molecule has 2 heterocycles. The highest BCUT2D eigenvalue weighted by Gasteiger charge is 2.17. The molecule has 9 nitrogen and oxygen atoms in total. The van der Waals surface area contributed by atoms with E-state index in [9.17, 15) is 19.2 Å². The summed E-state index contributed by atoms with van der Waals surface area (Å²) in [5, 5.41) is 4.74. The molecule has 0 aliphatic carbocycles. The molecular weight excluding hydrogens is 494 g/mol. The average Bonchev–Trinajstić information content (AvgIpc) is 3.30. The number of nitrogens with zero attached hydrogens (tertiary/aromatic N) is 1. The summed E-state index contributed by atoms with van der Waals surface area (Å²) in [6.07, 6.45) is 0.610. The first-order valence-electron chi connectivity index (χ1n) is 11.6. The lowest BCUT2D eigenvalue weighted by atomic mass is 10.1. The summed E-state index contributed by atoms with van der Waals surface area (Å²) in [5.41, 5.74) is 1.89. The first kappa shape index (κ1) is 25.8. The summed E-state index contributed by atoms with van der Waals surface area (Å²) in [6, 6.07) is 13.8. The fourth-order valence-corrected chi connectivity index (χ4v) is 4.70. The van der Waals surface area contributed by atoms with Gasteiger partial charge in [0.15, 0.2) is 11.6 Å². The summed E-state index contributed by atoms with van der Waals surface area (Å²) in [7, 11) is 1.58. The number of methoxy groups -OCH3 is 1. The number of H-pyrrole nitrogens is 1. The molecule has 4 rings (SSSR count). The molecule has 0 fully saturated rings. The minimum atomic E-state index is -0.461. The first-order valence-corrected chi connectivity index (χ1v) is 12.5. The van der Waals surface area contributed by atoms with Gasteiger partial charge in [-0.25, -0.2) is 9.78 Å². The molecule has 10 heteroatoms. The summed E-state index contributed by atoms with van der Waals surface area (Å²) >= 11 is 1.21. The topological polar surface area (TPSA) is 127 Å². The van der Waals surface area contributed by atoms with Gasteiger partial charge in [0.1, 0.15) is 10.6 Å². The van der Waals surface area contributed by atoms with E-state index in [1.807, 2.05) is 24.3 Å². The van der Waals surface area contributed by atoms with Gasteiger partial charge in [-0.2, -0.15) is 0 Å². The van der Waals surface area contributed by atoms with E-state index in [4.69, 9.17) is 9.47 Å². The molecule has 0 saturated heterocycles. The number of ether oxygens (including phenoxy) is 2. The van der Waals surface area contributed by atoms with Crippen LogP contribution in [0.5, 0.6) is 5.75 Å². The summed E-state index contributed by atoms with van der Waals surface area (Å²) in [6.45, 7) is 2.00. The van der Waals surface area contributed by atoms with Crippen LogP contribution in [0.25, 0.3) is 10.2 Å². The third-order valence-corrected chi connectivity index (χ3v) is 6.51. The molecule has 0 atom stereocenters. The maximum atomic E-state index is 12.8. The van der Waals surface area contributed by atoms with Crippen LogP contribution in [0.1, 0.15) is 45.4 Å². The molecule has 0 saturated carbocycles. The number of Topliss-reactive ketones (excluding diaryl/α,β-unsaturated/α-hetero) is 1. The number of aryl methyl sites for hydroxylation is 1. The van der Waals surface area contributed by atoms with Gasteiger partial charge < -0.3 is 19.8 Å². The minimum Gasteiger partial charge on any atom is -0.497 e. The van der Waals surface area contributed by atoms with Crippen molar-refractivity contribution < 1.29 is 23.9 Å². The fraction of sp³-hybridized carbons (Fsp3) is 0.222. The van der Waals surface area contributed by atoms with E-state index in [0.29, 0.717) is 39.2 Å². The number of esters is 1. The molecule has 0 aliphatic rings. The van der Waals surface area contributed by atoms with E-state index in [2.05, 4.69) is 15.3 Å². The Morgan fingerprint density at radius 1 is 1.11 bits per heavy atom. The van der Waals surface area contributed by atoms with E-state index in [-0.39, 0.29) is 37.0 Å². The van der Waals surface area contributed by atoms with E-state index >= 15 is 0 Å². The lowest BCUT2D eigenvalue weighted by Crippen LogP contribution is -2.18. The monoisotopic (exact) mass is 519 g/mol. The molecule has 0 radical (unpaired) electrons.